The minimum Gasteiger partial charge on any atom is -0.388 e. The third-order valence-electron chi connectivity index (χ3n) is 3.44. The second kappa shape index (κ2) is 6.24. The summed E-state index contributed by atoms with van der Waals surface area (Å²) < 4.78 is 0. The van der Waals surface area contributed by atoms with E-state index in [0.29, 0.717) is 12.1 Å². The Morgan fingerprint density at radius 1 is 1.10 bits per heavy atom. The highest BCUT2D eigenvalue weighted by Crippen LogP contribution is 2.14. The van der Waals surface area contributed by atoms with Crippen molar-refractivity contribution in [2.24, 2.45) is 0 Å². The van der Waals surface area contributed by atoms with Crippen LogP contribution >= 0.6 is 0 Å². The molecule has 0 aliphatic carbocycles. The number of amides is 1. The van der Waals surface area contributed by atoms with Gasteiger partial charge in [-0.2, -0.15) is 0 Å². The average Bonchev–Trinajstić information content (AvgIpc) is 2.49. The summed E-state index contributed by atoms with van der Waals surface area (Å²) in [6.45, 7) is 2.69. The fraction of sp³-hybridized carbons (Fsp3) is 0.235. The lowest BCUT2D eigenvalue weighted by molar-refractivity contribution is 0.0785. The van der Waals surface area contributed by atoms with Crippen LogP contribution in [-0.4, -0.2) is 24.9 Å². The lowest BCUT2D eigenvalue weighted by Gasteiger charge is -2.18. The number of nitrogens with zero attached hydrogens (tertiary/aromatic N) is 1. The van der Waals surface area contributed by atoms with Crippen molar-refractivity contribution in [3.05, 3.63) is 65.2 Å². The first-order chi connectivity index (χ1) is 9.61. The first kappa shape index (κ1) is 14.1. The molecule has 0 saturated heterocycles. The molecule has 2 rings (SSSR count). The molecular formula is C17H20N2O. The number of anilines is 1. The molecule has 0 saturated carbocycles. The van der Waals surface area contributed by atoms with Gasteiger partial charge < -0.3 is 10.2 Å². The standard InChI is InChI=1S/C17H20N2O/c1-13-6-4-5-7-15(13)12-19(3)17(20)14-8-10-16(18-2)11-9-14/h4-11,18H,12H2,1-3H3. The van der Waals surface area contributed by atoms with Gasteiger partial charge >= 0.3 is 0 Å². The lowest BCUT2D eigenvalue weighted by Crippen LogP contribution is -2.26. The van der Waals surface area contributed by atoms with E-state index in [-0.39, 0.29) is 5.91 Å². The van der Waals surface area contributed by atoms with E-state index >= 15 is 0 Å². The van der Waals surface area contributed by atoms with Gasteiger partial charge in [0.15, 0.2) is 0 Å². The van der Waals surface area contributed by atoms with Crippen LogP contribution in [0, 0.1) is 6.92 Å². The fourth-order valence-corrected chi connectivity index (χ4v) is 2.11. The Morgan fingerprint density at radius 3 is 2.35 bits per heavy atom. The van der Waals surface area contributed by atoms with Gasteiger partial charge in [0.25, 0.3) is 5.91 Å². The van der Waals surface area contributed by atoms with Crippen molar-refractivity contribution in [1.29, 1.82) is 0 Å². The van der Waals surface area contributed by atoms with E-state index < -0.39 is 0 Å². The molecule has 2 aromatic rings. The smallest absolute Gasteiger partial charge is 0.253 e. The molecule has 3 nitrogen and oxygen atoms in total. The number of nitrogens with one attached hydrogen (secondary N) is 1. The lowest BCUT2D eigenvalue weighted by atomic mass is 10.1. The van der Waals surface area contributed by atoms with Crippen molar-refractivity contribution in [2.75, 3.05) is 19.4 Å². The number of aryl methyl sites for hydroxylation is 1. The van der Waals surface area contributed by atoms with E-state index in [9.17, 15) is 4.79 Å². The maximum Gasteiger partial charge on any atom is 0.253 e. The highest BCUT2D eigenvalue weighted by molar-refractivity contribution is 5.94. The molecule has 1 N–H and O–H groups in total. The molecule has 0 atom stereocenters. The molecule has 0 unspecified atom stereocenters. The summed E-state index contributed by atoms with van der Waals surface area (Å²) >= 11 is 0. The summed E-state index contributed by atoms with van der Waals surface area (Å²) in [7, 11) is 3.70. The monoisotopic (exact) mass is 268 g/mol. The van der Waals surface area contributed by atoms with Gasteiger partial charge in [0.05, 0.1) is 0 Å². The number of benzene rings is 2. The molecule has 0 aliphatic heterocycles. The predicted octanol–water partition coefficient (Wildman–Crippen LogP) is 3.31. The Morgan fingerprint density at radius 2 is 1.75 bits per heavy atom. The summed E-state index contributed by atoms with van der Waals surface area (Å²) in [6.07, 6.45) is 0. The van der Waals surface area contributed by atoms with E-state index in [1.807, 2.05) is 50.5 Å². The molecule has 0 bridgehead atoms. The van der Waals surface area contributed by atoms with Gasteiger partial charge in [-0.15, -0.1) is 0 Å². The van der Waals surface area contributed by atoms with Crippen LogP contribution in [0.3, 0.4) is 0 Å². The Kier molecular flexibility index (Phi) is 4.41. The van der Waals surface area contributed by atoms with Crippen LogP contribution in [0.15, 0.2) is 48.5 Å². The van der Waals surface area contributed by atoms with Crippen molar-refractivity contribution >= 4 is 11.6 Å². The molecule has 0 radical (unpaired) electrons. The van der Waals surface area contributed by atoms with E-state index in [2.05, 4.69) is 24.4 Å². The van der Waals surface area contributed by atoms with Crippen LogP contribution in [0.4, 0.5) is 5.69 Å². The quantitative estimate of drug-likeness (QED) is 0.922. The third kappa shape index (κ3) is 3.18. The molecule has 0 aromatic heterocycles. The van der Waals surface area contributed by atoms with Crippen LogP contribution in [0.1, 0.15) is 21.5 Å². The predicted molar refractivity (Wildman–Crippen MR) is 83.0 cm³/mol. The number of carbonyl (C=O) groups excluding carboxylic acids is 1. The Hall–Kier alpha value is -2.29. The van der Waals surface area contributed by atoms with E-state index in [1.165, 1.54) is 11.1 Å². The Labute approximate surface area is 120 Å². The SMILES string of the molecule is CNc1ccc(C(=O)N(C)Cc2ccccc2C)cc1. The first-order valence-electron chi connectivity index (χ1n) is 6.69. The number of rotatable bonds is 4. The van der Waals surface area contributed by atoms with E-state index in [1.54, 1.807) is 4.90 Å². The molecule has 104 valence electrons. The summed E-state index contributed by atoms with van der Waals surface area (Å²) in [5.41, 5.74) is 4.09. The molecule has 0 aliphatic rings. The van der Waals surface area contributed by atoms with Gasteiger partial charge in [0.2, 0.25) is 0 Å². The largest absolute Gasteiger partial charge is 0.388 e. The normalized spacial score (nSPS) is 10.2. The Balaban J connectivity index is 2.10. The zero-order chi connectivity index (χ0) is 14.5. The maximum absolute atomic E-state index is 12.4. The minimum atomic E-state index is 0.0379. The van der Waals surface area contributed by atoms with Gasteiger partial charge in [0, 0.05) is 31.9 Å². The molecule has 0 fully saturated rings. The molecule has 3 heteroatoms. The van der Waals surface area contributed by atoms with Crippen LogP contribution in [0.25, 0.3) is 0 Å². The average molecular weight is 268 g/mol. The van der Waals surface area contributed by atoms with Gasteiger partial charge in [0.1, 0.15) is 0 Å². The second-order valence-electron chi connectivity index (χ2n) is 4.92. The van der Waals surface area contributed by atoms with Crippen LogP contribution < -0.4 is 5.32 Å². The van der Waals surface area contributed by atoms with Crippen molar-refractivity contribution in [1.82, 2.24) is 4.90 Å². The van der Waals surface area contributed by atoms with Crippen LogP contribution in [-0.2, 0) is 6.54 Å². The van der Waals surface area contributed by atoms with Crippen LogP contribution in [0.2, 0.25) is 0 Å². The summed E-state index contributed by atoms with van der Waals surface area (Å²) in [6, 6.07) is 15.7. The van der Waals surface area contributed by atoms with Crippen LogP contribution in [0.5, 0.6) is 0 Å². The zero-order valence-corrected chi connectivity index (χ0v) is 12.2. The highest BCUT2D eigenvalue weighted by Gasteiger charge is 2.12. The highest BCUT2D eigenvalue weighted by atomic mass is 16.2. The number of carbonyl (C=O) groups is 1. The van der Waals surface area contributed by atoms with Gasteiger partial charge in [-0.3, -0.25) is 4.79 Å². The van der Waals surface area contributed by atoms with Crippen molar-refractivity contribution in [3.8, 4) is 0 Å². The summed E-state index contributed by atoms with van der Waals surface area (Å²) in [5.74, 6) is 0.0379. The molecule has 0 heterocycles. The Bertz CT molecular complexity index is 590. The first-order valence-corrected chi connectivity index (χ1v) is 6.69. The summed E-state index contributed by atoms with van der Waals surface area (Å²) in [4.78, 5) is 14.1. The van der Waals surface area contributed by atoms with Gasteiger partial charge in [-0.25, -0.2) is 0 Å². The van der Waals surface area contributed by atoms with Crippen molar-refractivity contribution in [3.63, 3.8) is 0 Å². The van der Waals surface area contributed by atoms with Gasteiger partial charge in [-0.05, 0) is 42.3 Å². The molecule has 2 aromatic carbocycles. The van der Waals surface area contributed by atoms with Gasteiger partial charge in [-0.1, -0.05) is 24.3 Å². The maximum atomic E-state index is 12.4. The third-order valence-corrected chi connectivity index (χ3v) is 3.44. The summed E-state index contributed by atoms with van der Waals surface area (Å²) in [5, 5.41) is 3.04. The fourth-order valence-electron chi connectivity index (χ4n) is 2.11. The van der Waals surface area contributed by atoms with Crippen molar-refractivity contribution in [2.45, 2.75) is 13.5 Å². The van der Waals surface area contributed by atoms with E-state index in [0.717, 1.165) is 5.69 Å². The molecule has 20 heavy (non-hydrogen) atoms. The minimum absolute atomic E-state index is 0.0379. The molecule has 0 spiro atoms. The number of hydrogen-bond donors (Lipinski definition) is 1. The number of hydrogen-bond acceptors (Lipinski definition) is 2. The molecule has 1 amide bonds. The van der Waals surface area contributed by atoms with E-state index in [4.69, 9.17) is 0 Å². The van der Waals surface area contributed by atoms with Crippen molar-refractivity contribution < 1.29 is 4.79 Å². The topological polar surface area (TPSA) is 32.3 Å². The molecular weight excluding hydrogens is 248 g/mol. The zero-order valence-electron chi connectivity index (χ0n) is 12.2. The second-order valence-corrected chi connectivity index (χ2v) is 4.92.